The van der Waals surface area contributed by atoms with Crippen molar-refractivity contribution in [1.29, 1.82) is 0 Å². The van der Waals surface area contributed by atoms with E-state index in [0.29, 0.717) is 12.5 Å². The predicted octanol–water partition coefficient (Wildman–Crippen LogP) is 3.27. The molecule has 0 spiro atoms. The summed E-state index contributed by atoms with van der Waals surface area (Å²) in [7, 11) is 0. The van der Waals surface area contributed by atoms with Gasteiger partial charge in [0.2, 0.25) is 5.91 Å². The maximum absolute atomic E-state index is 12.8. The fraction of sp³-hybridized carbons (Fsp3) is 0.650. The van der Waals surface area contributed by atoms with Crippen molar-refractivity contribution in [1.82, 2.24) is 10.2 Å². The number of halogens is 1. The number of hydrogen-bond donors (Lipinski definition) is 1. The molecule has 0 radical (unpaired) electrons. The molecule has 1 amide bonds. The molecule has 2 aliphatic carbocycles. The third-order valence-electron chi connectivity index (χ3n) is 6.30. The van der Waals surface area contributed by atoms with Gasteiger partial charge in [-0.2, -0.15) is 0 Å². The van der Waals surface area contributed by atoms with Crippen molar-refractivity contribution in [2.24, 2.45) is 17.8 Å². The van der Waals surface area contributed by atoms with Gasteiger partial charge in [-0.25, -0.2) is 0 Å². The van der Waals surface area contributed by atoms with Crippen molar-refractivity contribution in [2.45, 2.75) is 31.7 Å². The largest absolute Gasteiger partial charge is 0.379 e. The molecule has 2 saturated carbocycles. The molecule has 0 aromatic heterocycles. The van der Waals surface area contributed by atoms with Gasteiger partial charge >= 0.3 is 0 Å². The number of fused-ring (bicyclic) bond motifs is 2. The first kappa shape index (κ1) is 17.3. The van der Waals surface area contributed by atoms with Crippen LogP contribution in [0.3, 0.4) is 0 Å². The van der Waals surface area contributed by atoms with Gasteiger partial charge in [0.15, 0.2) is 0 Å². The Hall–Kier alpha value is -1.10. The van der Waals surface area contributed by atoms with E-state index < -0.39 is 0 Å². The second-order valence-corrected chi connectivity index (χ2v) is 8.12. The molecular weight excluding hydrogens is 336 g/mol. The summed E-state index contributed by atoms with van der Waals surface area (Å²) in [5.74, 6) is 1.89. The Labute approximate surface area is 154 Å². The van der Waals surface area contributed by atoms with E-state index in [0.717, 1.165) is 49.2 Å². The Bertz CT molecular complexity index is 617. The molecule has 1 heterocycles. The van der Waals surface area contributed by atoms with Crippen LogP contribution in [0.25, 0.3) is 0 Å². The quantitative estimate of drug-likeness (QED) is 0.874. The molecule has 1 aliphatic heterocycles. The molecule has 3 fully saturated rings. The molecule has 1 saturated heterocycles. The highest BCUT2D eigenvalue weighted by Crippen LogP contribution is 2.48. The molecule has 4 atom stereocenters. The standard InChI is InChI=1S/C20H27ClN2O2/c21-18-4-2-1-3-16(18)19(23-7-9-25-10-8-23)13-22-20(24)17-12-14-5-6-15(17)11-14/h1-4,14-15,17,19H,5-13H2,(H,22,24)/t14-,15-,17-,19-/m0/s1. The third-order valence-corrected chi connectivity index (χ3v) is 6.64. The number of carbonyl (C=O) groups is 1. The second-order valence-electron chi connectivity index (χ2n) is 7.71. The van der Waals surface area contributed by atoms with Crippen LogP contribution >= 0.6 is 11.6 Å². The highest BCUT2D eigenvalue weighted by molar-refractivity contribution is 6.31. The van der Waals surface area contributed by atoms with Crippen LogP contribution < -0.4 is 5.32 Å². The van der Waals surface area contributed by atoms with Gasteiger partial charge in [-0.15, -0.1) is 0 Å². The first-order valence-electron chi connectivity index (χ1n) is 9.56. The zero-order chi connectivity index (χ0) is 17.2. The fourth-order valence-electron chi connectivity index (χ4n) is 4.96. The summed E-state index contributed by atoms with van der Waals surface area (Å²) in [6.45, 7) is 3.85. The van der Waals surface area contributed by atoms with Crippen LogP contribution in [0.5, 0.6) is 0 Å². The van der Waals surface area contributed by atoms with Crippen LogP contribution in [-0.4, -0.2) is 43.7 Å². The minimum Gasteiger partial charge on any atom is -0.379 e. The van der Waals surface area contributed by atoms with Crippen molar-refractivity contribution in [2.75, 3.05) is 32.8 Å². The number of carbonyl (C=O) groups excluding carboxylic acids is 1. The van der Waals surface area contributed by atoms with E-state index >= 15 is 0 Å². The maximum atomic E-state index is 12.8. The van der Waals surface area contributed by atoms with Crippen LogP contribution in [-0.2, 0) is 9.53 Å². The predicted molar refractivity (Wildman–Crippen MR) is 98.5 cm³/mol. The summed E-state index contributed by atoms with van der Waals surface area (Å²) in [4.78, 5) is 15.1. The summed E-state index contributed by atoms with van der Waals surface area (Å²) in [6.07, 6.45) is 4.91. The van der Waals surface area contributed by atoms with Crippen LogP contribution in [0.2, 0.25) is 5.02 Å². The van der Waals surface area contributed by atoms with Gasteiger partial charge in [0.25, 0.3) is 0 Å². The Morgan fingerprint density at radius 1 is 1.24 bits per heavy atom. The summed E-state index contributed by atoms with van der Waals surface area (Å²) in [5, 5.41) is 4.02. The Balaban J connectivity index is 1.44. The molecule has 3 aliphatic rings. The SMILES string of the molecule is O=C(NC[C@@H](c1ccccc1Cl)N1CCOCC1)[C@H]1C[C@H]2CC[C@H]1C2. The zero-order valence-electron chi connectivity index (χ0n) is 14.6. The molecule has 136 valence electrons. The number of ether oxygens (including phenoxy) is 1. The highest BCUT2D eigenvalue weighted by Gasteiger charge is 2.43. The minimum absolute atomic E-state index is 0.111. The van der Waals surface area contributed by atoms with E-state index in [1.54, 1.807) is 0 Å². The van der Waals surface area contributed by atoms with Crippen molar-refractivity contribution in [3.8, 4) is 0 Å². The summed E-state index contributed by atoms with van der Waals surface area (Å²) in [5.41, 5.74) is 1.10. The molecule has 1 aromatic rings. The Morgan fingerprint density at radius 3 is 2.72 bits per heavy atom. The van der Waals surface area contributed by atoms with Crippen molar-refractivity contribution < 1.29 is 9.53 Å². The number of benzene rings is 1. The molecule has 1 aromatic carbocycles. The van der Waals surface area contributed by atoms with Gasteiger partial charge in [-0.3, -0.25) is 9.69 Å². The number of amides is 1. The van der Waals surface area contributed by atoms with Crippen LogP contribution in [0, 0.1) is 17.8 Å². The van der Waals surface area contributed by atoms with Crippen molar-refractivity contribution in [3.05, 3.63) is 34.9 Å². The van der Waals surface area contributed by atoms with Gasteiger partial charge in [0, 0.05) is 30.6 Å². The van der Waals surface area contributed by atoms with E-state index in [1.165, 1.54) is 19.3 Å². The summed E-state index contributed by atoms with van der Waals surface area (Å²) < 4.78 is 5.49. The molecular formula is C20H27ClN2O2. The number of nitrogens with one attached hydrogen (secondary N) is 1. The Kier molecular flexibility index (Phi) is 5.30. The first-order chi connectivity index (χ1) is 12.2. The topological polar surface area (TPSA) is 41.6 Å². The average Bonchev–Trinajstić information content (AvgIpc) is 3.27. The van der Waals surface area contributed by atoms with Gasteiger partial charge in [-0.1, -0.05) is 36.2 Å². The second kappa shape index (κ2) is 7.65. The van der Waals surface area contributed by atoms with E-state index in [9.17, 15) is 4.79 Å². The summed E-state index contributed by atoms with van der Waals surface area (Å²) >= 11 is 6.46. The molecule has 0 unspecified atom stereocenters. The first-order valence-corrected chi connectivity index (χ1v) is 9.94. The molecule has 5 heteroatoms. The average molecular weight is 363 g/mol. The fourth-order valence-corrected chi connectivity index (χ4v) is 5.23. The number of nitrogens with zero attached hydrogens (tertiary/aromatic N) is 1. The molecule has 25 heavy (non-hydrogen) atoms. The van der Waals surface area contributed by atoms with Crippen LogP contribution in [0.15, 0.2) is 24.3 Å². The molecule has 2 bridgehead atoms. The van der Waals surface area contributed by atoms with E-state index in [-0.39, 0.29) is 17.9 Å². The van der Waals surface area contributed by atoms with Crippen molar-refractivity contribution >= 4 is 17.5 Å². The Morgan fingerprint density at radius 2 is 2.04 bits per heavy atom. The summed E-state index contributed by atoms with van der Waals surface area (Å²) in [6, 6.07) is 8.09. The molecule has 4 nitrogen and oxygen atoms in total. The third kappa shape index (κ3) is 3.71. The van der Waals surface area contributed by atoms with Crippen LogP contribution in [0.4, 0.5) is 0 Å². The van der Waals surface area contributed by atoms with E-state index in [1.807, 2.05) is 18.2 Å². The smallest absolute Gasteiger partial charge is 0.223 e. The lowest BCUT2D eigenvalue weighted by Crippen LogP contribution is -2.45. The molecule has 4 rings (SSSR count). The lowest BCUT2D eigenvalue weighted by molar-refractivity contribution is -0.126. The monoisotopic (exact) mass is 362 g/mol. The lowest BCUT2D eigenvalue weighted by Gasteiger charge is -2.35. The maximum Gasteiger partial charge on any atom is 0.223 e. The number of hydrogen-bond acceptors (Lipinski definition) is 3. The molecule has 1 N–H and O–H groups in total. The van der Waals surface area contributed by atoms with E-state index in [2.05, 4.69) is 16.3 Å². The minimum atomic E-state index is 0.111. The number of morpholine rings is 1. The van der Waals surface area contributed by atoms with Gasteiger partial charge in [0.1, 0.15) is 0 Å². The lowest BCUT2D eigenvalue weighted by atomic mass is 9.88. The van der Waals surface area contributed by atoms with Gasteiger partial charge in [-0.05, 0) is 42.7 Å². The highest BCUT2D eigenvalue weighted by atomic mass is 35.5. The normalized spacial score (nSPS) is 30.4. The van der Waals surface area contributed by atoms with E-state index in [4.69, 9.17) is 16.3 Å². The van der Waals surface area contributed by atoms with Crippen molar-refractivity contribution in [3.63, 3.8) is 0 Å². The number of rotatable bonds is 5. The zero-order valence-corrected chi connectivity index (χ0v) is 15.4. The van der Waals surface area contributed by atoms with Gasteiger partial charge in [0.05, 0.1) is 19.3 Å². The van der Waals surface area contributed by atoms with Gasteiger partial charge < -0.3 is 10.1 Å². The van der Waals surface area contributed by atoms with Crippen LogP contribution in [0.1, 0.15) is 37.3 Å².